The van der Waals surface area contributed by atoms with Crippen molar-refractivity contribution in [1.82, 2.24) is 29.4 Å². The van der Waals surface area contributed by atoms with Gasteiger partial charge in [-0.3, -0.25) is 9.48 Å². The lowest BCUT2D eigenvalue weighted by Crippen LogP contribution is -2.41. The van der Waals surface area contributed by atoms with Crippen molar-refractivity contribution < 1.29 is 14.3 Å². The van der Waals surface area contributed by atoms with E-state index >= 15 is 0 Å². The molecule has 28 heavy (non-hydrogen) atoms. The SMILES string of the molecule is C[C@H]1CN(C(=O)Cc2ccc3c(c2)OCO3)Cc2nnc(-c3cnn(C)c3)n21. The number of aryl methyl sites for hydroxylation is 1. The second-order valence-corrected chi connectivity index (χ2v) is 7.20. The smallest absolute Gasteiger partial charge is 0.231 e. The highest BCUT2D eigenvalue weighted by atomic mass is 16.7. The Kier molecular flexibility index (Phi) is 3.81. The molecule has 0 radical (unpaired) electrons. The number of ether oxygens (including phenoxy) is 2. The number of nitrogens with zero attached hydrogens (tertiary/aromatic N) is 6. The first kappa shape index (κ1) is 16.8. The molecule has 144 valence electrons. The van der Waals surface area contributed by atoms with Crippen LogP contribution in [0.1, 0.15) is 24.4 Å². The highest BCUT2D eigenvalue weighted by Gasteiger charge is 2.30. The van der Waals surface area contributed by atoms with E-state index in [2.05, 4.69) is 26.8 Å². The highest BCUT2D eigenvalue weighted by Crippen LogP contribution is 2.33. The number of hydrogen-bond donors (Lipinski definition) is 0. The minimum absolute atomic E-state index is 0.0582. The Bertz CT molecular complexity index is 1060. The van der Waals surface area contributed by atoms with Gasteiger partial charge in [-0.15, -0.1) is 10.2 Å². The quantitative estimate of drug-likeness (QED) is 0.685. The third-order valence-electron chi connectivity index (χ3n) is 5.13. The Hall–Kier alpha value is -3.36. The van der Waals surface area contributed by atoms with Gasteiger partial charge in [-0.2, -0.15) is 5.10 Å². The second kappa shape index (κ2) is 6.36. The van der Waals surface area contributed by atoms with E-state index in [-0.39, 0.29) is 18.7 Å². The molecular formula is C19H20N6O3. The van der Waals surface area contributed by atoms with Crippen LogP contribution in [-0.2, 0) is 24.8 Å². The third kappa shape index (κ3) is 2.79. The van der Waals surface area contributed by atoms with Crippen LogP contribution >= 0.6 is 0 Å². The van der Waals surface area contributed by atoms with Gasteiger partial charge in [-0.05, 0) is 24.6 Å². The van der Waals surface area contributed by atoms with Gasteiger partial charge < -0.3 is 18.9 Å². The molecule has 0 saturated heterocycles. The summed E-state index contributed by atoms with van der Waals surface area (Å²) in [6.45, 7) is 3.36. The van der Waals surface area contributed by atoms with Crippen molar-refractivity contribution in [1.29, 1.82) is 0 Å². The lowest BCUT2D eigenvalue weighted by Gasteiger charge is -2.32. The third-order valence-corrected chi connectivity index (χ3v) is 5.13. The normalized spacial score (nSPS) is 17.6. The molecule has 0 saturated carbocycles. The van der Waals surface area contributed by atoms with E-state index in [1.807, 2.05) is 36.3 Å². The van der Waals surface area contributed by atoms with Crippen molar-refractivity contribution in [2.75, 3.05) is 13.3 Å². The number of aromatic nitrogens is 5. The number of fused-ring (bicyclic) bond motifs is 2. The predicted octanol–water partition coefficient (Wildman–Crippen LogP) is 1.55. The Balaban J connectivity index is 1.35. The molecule has 2 aliphatic heterocycles. The fourth-order valence-electron chi connectivity index (χ4n) is 3.79. The standard InChI is InChI=1S/C19H20N6O3/c1-12-8-24(18(26)6-13-3-4-15-16(5-13)28-11-27-15)10-17-21-22-19(25(12)17)14-7-20-23(2)9-14/h3-5,7,9,12H,6,8,10-11H2,1-2H3/t12-/m0/s1. The summed E-state index contributed by atoms with van der Waals surface area (Å²) in [7, 11) is 1.87. The van der Waals surface area contributed by atoms with Gasteiger partial charge in [0.2, 0.25) is 12.7 Å². The molecule has 1 atom stereocenters. The lowest BCUT2D eigenvalue weighted by molar-refractivity contribution is -0.132. The molecule has 9 nitrogen and oxygen atoms in total. The number of amides is 1. The van der Waals surface area contributed by atoms with E-state index in [0.29, 0.717) is 25.3 Å². The zero-order valence-corrected chi connectivity index (χ0v) is 15.7. The number of rotatable bonds is 3. The van der Waals surface area contributed by atoms with Crippen molar-refractivity contribution in [3.05, 3.63) is 42.0 Å². The molecule has 1 amide bonds. The number of carbonyl (C=O) groups excluding carboxylic acids is 1. The van der Waals surface area contributed by atoms with Crippen LogP contribution in [0.15, 0.2) is 30.6 Å². The maximum atomic E-state index is 12.9. The number of benzene rings is 1. The minimum Gasteiger partial charge on any atom is -0.454 e. The average molecular weight is 380 g/mol. The van der Waals surface area contributed by atoms with Crippen LogP contribution in [-0.4, -0.2) is 48.7 Å². The average Bonchev–Trinajstić information content (AvgIpc) is 3.40. The summed E-state index contributed by atoms with van der Waals surface area (Å²) in [5.41, 5.74) is 1.83. The molecule has 4 heterocycles. The van der Waals surface area contributed by atoms with Crippen LogP contribution in [0.5, 0.6) is 11.5 Å². The van der Waals surface area contributed by atoms with Crippen LogP contribution in [0, 0.1) is 0 Å². The summed E-state index contributed by atoms with van der Waals surface area (Å²) in [4.78, 5) is 14.7. The molecule has 3 aromatic rings. The van der Waals surface area contributed by atoms with Crippen molar-refractivity contribution in [2.24, 2.45) is 7.05 Å². The van der Waals surface area contributed by atoms with Crippen molar-refractivity contribution in [3.8, 4) is 22.9 Å². The molecule has 0 unspecified atom stereocenters. The molecule has 0 spiro atoms. The lowest BCUT2D eigenvalue weighted by atomic mass is 10.1. The van der Waals surface area contributed by atoms with Gasteiger partial charge in [0.1, 0.15) is 0 Å². The van der Waals surface area contributed by atoms with E-state index in [0.717, 1.165) is 28.5 Å². The van der Waals surface area contributed by atoms with Gasteiger partial charge in [0.15, 0.2) is 23.1 Å². The summed E-state index contributed by atoms with van der Waals surface area (Å²) < 4.78 is 14.6. The van der Waals surface area contributed by atoms with Crippen molar-refractivity contribution in [2.45, 2.75) is 25.9 Å². The van der Waals surface area contributed by atoms with Crippen LogP contribution in [0.4, 0.5) is 0 Å². The first-order chi connectivity index (χ1) is 13.6. The molecular weight excluding hydrogens is 360 g/mol. The Labute approximate surface area is 161 Å². The number of hydrogen-bond acceptors (Lipinski definition) is 6. The molecule has 9 heteroatoms. The predicted molar refractivity (Wildman–Crippen MR) is 98.6 cm³/mol. The van der Waals surface area contributed by atoms with E-state index in [4.69, 9.17) is 9.47 Å². The zero-order valence-electron chi connectivity index (χ0n) is 15.7. The van der Waals surface area contributed by atoms with Gasteiger partial charge in [0.25, 0.3) is 0 Å². The summed E-state index contributed by atoms with van der Waals surface area (Å²) >= 11 is 0. The number of carbonyl (C=O) groups is 1. The molecule has 0 bridgehead atoms. The monoisotopic (exact) mass is 380 g/mol. The topological polar surface area (TPSA) is 87.3 Å². The summed E-state index contributed by atoms with van der Waals surface area (Å²) in [5.74, 6) is 3.05. The summed E-state index contributed by atoms with van der Waals surface area (Å²) in [5, 5.41) is 12.9. The van der Waals surface area contributed by atoms with Gasteiger partial charge in [-0.1, -0.05) is 6.07 Å². The van der Waals surface area contributed by atoms with Crippen LogP contribution in [0.2, 0.25) is 0 Å². The highest BCUT2D eigenvalue weighted by molar-refractivity contribution is 5.79. The largest absolute Gasteiger partial charge is 0.454 e. The van der Waals surface area contributed by atoms with E-state index in [9.17, 15) is 4.79 Å². The Morgan fingerprint density at radius 3 is 2.93 bits per heavy atom. The zero-order chi connectivity index (χ0) is 19.3. The Morgan fingerprint density at radius 2 is 2.11 bits per heavy atom. The molecule has 0 N–H and O–H groups in total. The Morgan fingerprint density at radius 1 is 1.25 bits per heavy atom. The van der Waals surface area contributed by atoms with Crippen molar-refractivity contribution in [3.63, 3.8) is 0 Å². The minimum atomic E-state index is 0.0582. The van der Waals surface area contributed by atoms with E-state index < -0.39 is 0 Å². The first-order valence-corrected chi connectivity index (χ1v) is 9.17. The molecule has 2 aromatic heterocycles. The molecule has 0 fully saturated rings. The summed E-state index contributed by atoms with van der Waals surface area (Å²) in [6, 6.07) is 5.70. The van der Waals surface area contributed by atoms with Gasteiger partial charge in [0.05, 0.1) is 30.8 Å². The molecule has 2 aliphatic rings. The summed E-state index contributed by atoms with van der Waals surface area (Å²) in [6.07, 6.45) is 4.01. The first-order valence-electron chi connectivity index (χ1n) is 9.17. The van der Waals surface area contributed by atoms with E-state index in [1.165, 1.54) is 0 Å². The van der Waals surface area contributed by atoms with E-state index in [1.54, 1.807) is 10.9 Å². The molecule has 5 rings (SSSR count). The molecule has 0 aliphatic carbocycles. The second-order valence-electron chi connectivity index (χ2n) is 7.20. The maximum absolute atomic E-state index is 12.9. The maximum Gasteiger partial charge on any atom is 0.231 e. The van der Waals surface area contributed by atoms with Gasteiger partial charge in [-0.25, -0.2) is 0 Å². The van der Waals surface area contributed by atoms with Crippen LogP contribution < -0.4 is 9.47 Å². The fraction of sp³-hybridized carbons (Fsp3) is 0.368. The van der Waals surface area contributed by atoms with Gasteiger partial charge in [0, 0.05) is 19.8 Å². The van der Waals surface area contributed by atoms with Gasteiger partial charge >= 0.3 is 0 Å². The van der Waals surface area contributed by atoms with Crippen molar-refractivity contribution >= 4 is 5.91 Å². The fourth-order valence-corrected chi connectivity index (χ4v) is 3.79. The van der Waals surface area contributed by atoms with Crippen LogP contribution in [0.3, 0.4) is 0 Å². The van der Waals surface area contributed by atoms with Crippen LogP contribution in [0.25, 0.3) is 11.4 Å². The molecule has 1 aromatic carbocycles.